The van der Waals surface area contributed by atoms with Crippen molar-refractivity contribution in [3.63, 3.8) is 0 Å². The van der Waals surface area contributed by atoms with Crippen molar-refractivity contribution in [3.8, 4) is 5.82 Å². The van der Waals surface area contributed by atoms with Gasteiger partial charge in [0.2, 0.25) is 5.91 Å². The Labute approximate surface area is 161 Å². The van der Waals surface area contributed by atoms with Crippen LogP contribution in [0.4, 0.5) is 10.2 Å². The van der Waals surface area contributed by atoms with Gasteiger partial charge in [-0.1, -0.05) is 17.7 Å². The van der Waals surface area contributed by atoms with Crippen LogP contribution < -0.4 is 10.6 Å². The van der Waals surface area contributed by atoms with Crippen molar-refractivity contribution in [1.82, 2.24) is 19.9 Å². The molecule has 6 nitrogen and oxygen atoms in total. The molecule has 2 heterocycles. The molecule has 2 N–H and O–H groups in total. The monoisotopic (exact) mass is 387 g/mol. The molecule has 1 aromatic carbocycles. The lowest BCUT2D eigenvalue weighted by molar-refractivity contribution is -0.120. The van der Waals surface area contributed by atoms with Crippen LogP contribution in [0, 0.1) is 12.7 Å². The third kappa shape index (κ3) is 5.04. The minimum absolute atomic E-state index is 0.101. The topological polar surface area (TPSA) is 71.8 Å². The van der Waals surface area contributed by atoms with Crippen LogP contribution in [0.1, 0.15) is 11.4 Å². The Morgan fingerprint density at radius 1 is 1.19 bits per heavy atom. The molecule has 0 unspecified atom stereocenters. The summed E-state index contributed by atoms with van der Waals surface area (Å²) in [6.07, 6.45) is 3.70. The quantitative estimate of drug-likeness (QED) is 0.611. The summed E-state index contributed by atoms with van der Waals surface area (Å²) in [6.45, 7) is 2.66. The number of anilines is 1. The highest BCUT2D eigenvalue weighted by atomic mass is 35.5. The van der Waals surface area contributed by atoms with Crippen molar-refractivity contribution in [2.24, 2.45) is 0 Å². The van der Waals surface area contributed by atoms with Gasteiger partial charge < -0.3 is 15.2 Å². The van der Waals surface area contributed by atoms with Crippen LogP contribution in [-0.2, 0) is 11.2 Å². The molecular formula is C19H19ClFN5O. The number of amides is 1. The van der Waals surface area contributed by atoms with E-state index in [1.54, 1.807) is 6.07 Å². The van der Waals surface area contributed by atoms with Gasteiger partial charge in [0.15, 0.2) is 0 Å². The Bertz CT molecular complexity index is 910. The lowest BCUT2D eigenvalue weighted by Gasteiger charge is -2.10. The number of carbonyl (C=O) groups excluding carboxylic acids is 1. The lowest BCUT2D eigenvalue weighted by Crippen LogP contribution is -2.30. The average molecular weight is 388 g/mol. The van der Waals surface area contributed by atoms with Gasteiger partial charge in [-0.15, -0.1) is 0 Å². The predicted molar refractivity (Wildman–Crippen MR) is 103 cm³/mol. The van der Waals surface area contributed by atoms with Gasteiger partial charge >= 0.3 is 0 Å². The Morgan fingerprint density at radius 3 is 2.70 bits per heavy atom. The maximum Gasteiger partial charge on any atom is 0.224 e. The van der Waals surface area contributed by atoms with Gasteiger partial charge in [-0.2, -0.15) is 0 Å². The zero-order valence-electron chi connectivity index (χ0n) is 14.7. The van der Waals surface area contributed by atoms with E-state index >= 15 is 0 Å². The maximum absolute atomic E-state index is 13.7. The Morgan fingerprint density at radius 2 is 1.96 bits per heavy atom. The third-order valence-electron chi connectivity index (χ3n) is 3.85. The van der Waals surface area contributed by atoms with Crippen molar-refractivity contribution in [3.05, 3.63) is 71.0 Å². The Hall–Kier alpha value is -2.93. The van der Waals surface area contributed by atoms with Crippen molar-refractivity contribution < 1.29 is 9.18 Å². The molecule has 27 heavy (non-hydrogen) atoms. The number of hydrogen-bond acceptors (Lipinski definition) is 4. The summed E-state index contributed by atoms with van der Waals surface area (Å²) in [5.74, 6) is 1.29. The first-order valence-electron chi connectivity index (χ1n) is 8.45. The third-order valence-corrected chi connectivity index (χ3v) is 4.20. The number of carbonyl (C=O) groups is 1. The van der Waals surface area contributed by atoms with Gasteiger partial charge in [-0.25, -0.2) is 14.4 Å². The second-order valence-corrected chi connectivity index (χ2v) is 6.31. The Kier molecular flexibility index (Phi) is 6.03. The first-order valence-corrected chi connectivity index (χ1v) is 8.83. The zero-order chi connectivity index (χ0) is 19.2. The molecule has 0 aliphatic rings. The van der Waals surface area contributed by atoms with Crippen LogP contribution in [0.5, 0.6) is 0 Å². The van der Waals surface area contributed by atoms with Crippen molar-refractivity contribution in [2.45, 2.75) is 13.3 Å². The van der Waals surface area contributed by atoms with E-state index in [0.717, 1.165) is 5.82 Å². The summed E-state index contributed by atoms with van der Waals surface area (Å²) in [5, 5.41) is 6.14. The highest BCUT2D eigenvalue weighted by molar-refractivity contribution is 6.31. The summed E-state index contributed by atoms with van der Waals surface area (Å²) in [5.41, 5.74) is 0.201. The van der Waals surface area contributed by atoms with E-state index in [4.69, 9.17) is 11.6 Å². The number of aromatic nitrogens is 3. The molecule has 0 aliphatic heterocycles. The first-order chi connectivity index (χ1) is 13.0. The fourth-order valence-corrected chi connectivity index (χ4v) is 2.81. The van der Waals surface area contributed by atoms with E-state index in [9.17, 15) is 9.18 Å². The van der Waals surface area contributed by atoms with Gasteiger partial charge in [-0.05, 0) is 31.2 Å². The number of nitrogens with one attached hydrogen (secondary N) is 2. The largest absolute Gasteiger partial charge is 0.368 e. The van der Waals surface area contributed by atoms with E-state index in [2.05, 4.69) is 20.6 Å². The molecule has 0 spiro atoms. The molecule has 0 atom stereocenters. The zero-order valence-corrected chi connectivity index (χ0v) is 15.5. The molecule has 1 amide bonds. The second-order valence-electron chi connectivity index (χ2n) is 5.90. The van der Waals surface area contributed by atoms with Crippen LogP contribution in [0.15, 0.2) is 48.8 Å². The summed E-state index contributed by atoms with van der Waals surface area (Å²) in [7, 11) is 0. The van der Waals surface area contributed by atoms with Crippen LogP contribution in [0.3, 0.4) is 0 Å². The van der Waals surface area contributed by atoms with Crippen LogP contribution in [-0.4, -0.2) is 33.5 Å². The first kappa shape index (κ1) is 18.8. The van der Waals surface area contributed by atoms with E-state index in [1.807, 2.05) is 42.1 Å². The second kappa shape index (κ2) is 8.64. The summed E-state index contributed by atoms with van der Waals surface area (Å²) >= 11 is 5.94. The molecule has 0 fully saturated rings. The van der Waals surface area contributed by atoms with Gasteiger partial charge in [0.1, 0.15) is 23.3 Å². The van der Waals surface area contributed by atoms with Crippen molar-refractivity contribution in [2.75, 3.05) is 18.4 Å². The number of halogens is 2. The summed E-state index contributed by atoms with van der Waals surface area (Å²) in [4.78, 5) is 20.7. The average Bonchev–Trinajstić information content (AvgIpc) is 3.16. The smallest absolute Gasteiger partial charge is 0.224 e. The molecular weight excluding hydrogens is 369 g/mol. The van der Waals surface area contributed by atoms with E-state index in [-0.39, 0.29) is 22.9 Å². The SMILES string of the molecule is Cc1nc(NCCNC(=O)Cc2c(F)cccc2Cl)cc(-n2cccc2)n1. The summed E-state index contributed by atoms with van der Waals surface area (Å²) in [6, 6.07) is 10.0. The molecule has 140 valence electrons. The standard InChI is InChI=1S/C19H19ClFN5O/c1-13-24-17(12-18(25-13)26-9-2-3-10-26)22-7-8-23-19(27)11-14-15(20)5-4-6-16(14)21/h2-6,9-10,12H,7-8,11H2,1H3,(H,23,27)(H,22,24,25). The number of rotatable bonds is 7. The molecule has 0 aliphatic carbocycles. The molecule has 0 radical (unpaired) electrons. The fourth-order valence-electron chi connectivity index (χ4n) is 2.58. The van der Waals surface area contributed by atoms with Crippen molar-refractivity contribution >= 4 is 23.3 Å². The van der Waals surface area contributed by atoms with Crippen LogP contribution >= 0.6 is 11.6 Å². The molecule has 0 saturated heterocycles. The fraction of sp³-hybridized carbons (Fsp3) is 0.211. The molecule has 0 bridgehead atoms. The highest BCUT2D eigenvalue weighted by Crippen LogP contribution is 2.19. The number of aryl methyl sites for hydroxylation is 1. The molecule has 3 rings (SSSR count). The van der Waals surface area contributed by atoms with E-state index < -0.39 is 5.82 Å². The highest BCUT2D eigenvalue weighted by Gasteiger charge is 2.11. The van der Waals surface area contributed by atoms with Gasteiger partial charge in [0.05, 0.1) is 6.42 Å². The van der Waals surface area contributed by atoms with E-state index in [0.29, 0.717) is 24.7 Å². The van der Waals surface area contributed by atoms with Crippen LogP contribution in [0.2, 0.25) is 5.02 Å². The van der Waals surface area contributed by atoms with Gasteiger partial charge in [0.25, 0.3) is 0 Å². The Balaban J connectivity index is 1.51. The minimum Gasteiger partial charge on any atom is -0.368 e. The number of hydrogen-bond donors (Lipinski definition) is 2. The number of nitrogens with zero attached hydrogens (tertiary/aromatic N) is 3. The van der Waals surface area contributed by atoms with Crippen molar-refractivity contribution in [1.29, 1.82) is 0 Å². The predicted octanol–water partition coefficient (Wildman–Crippen LogP) is 3.14. The molecule has 0 saturated carbocycles. The maximum atomic E-state index is 13.7. The van der Waals surface area contributed by atoms with Gasteiger partial charge in [0, 0.05) is 42.1 Å². The molecule has 8 heteroatoms. The minimum atomic E-state index is -0.482. The van der Waals surface area contributed by atoms with Gasteiger partial charge in [-0.3, -0.25) is 4.79 Å². The number of benzene rings is 1. The normalized spacial score (nSPS) is 10.6. The summed E-state index contributed by atoms with van der Waals surface area (Å²) < 4.78 is 15.6. The molecule has 2 aromatic heterocycles. The lowest BCUT2D eigenvalue weighted by atomic mass is 10.1. The van der Waals surface area contributed by atoms with E-state index in [1.165, 1.54) is 12.1 Å². The van der Waals surface area contributed by atoms with Crippen LogP contribution in [0.25, 0.3) is 5.82 Å². The molecule has 3 aromatic rings.